The fourth-order valence-corrected chi connectivity index (χ4v) is 3.33. The highest BCUT2D eigenvalue weighted by Crippen LogP contribution is 2.14. The number of hydrogen-bond acceptors (Lipinski definition) is 5. The molecule has 0 radical (unpaired) electrons. The number of aryl methyl sites for hydroxylation is 2. The maximum Gasteiger partial charge on any atom is 0.264 e. The zero-order chi connectivity index (χ0) is 19.5. The van der Waals surface area contributed by atoms with E-state index in [1.807, 2.05) is 31.2 Å². The number of fused-ring (bicyclic) bond motifs is 1. The molecular weight excluding hydrogens is 358 g/mol. The number of carbonyl (C=O) groups excluding carboxylic acids is 1. The Morgan fingerprint density at radius 1 is 1.32 bits per heavy atom. The normalized spacial score (nSPS) is 16.5. The van der Waals surface area contributed by atoms with E-state index in [0.29, 0.717) is 17.6 Å². The largest absolute Gasteiger partial charge is 0.376 e. The summed E-state index contributed by atoms with van der Waals surface area (Å²) in [5, 5.41) is 7.61. The summed E-state index contributed by atoms with van der Waals surface area (Å²) in [5.74, 6) is -0.0992. The molecule has 0 bridgehead atoms. The van der Waals surface area contributed by atoms with E-state index in [2.05, 4.69) is 15.4 Å². The van der Waals surface area contributed by atoms with Crippen LogP contribution in [0.4, 0.5) is 0 Å². The van der Waals surface area contributed by atoms with Gasteiger partial charge in [-0.05, 0) is 31.9 Å². The molecule has 1 saturated heterocycles. The van der Waals surface area contributed by atoms with E-state index in [4.69, 9.17) is 4.74 Å². The van der Waals surface area contributed by atoms with Gasteiger partial charge in [-0.25, -0.2) is 9.67 Å². The lowest BCUT2D eigenvalue weighted by molar-refractivity contribution is -0.121. The van der Waals surface area contributed by atoms with Crippen molar-refractivity contribution in [2.45, 2.75) is 38.8 Å². The van der Waals surface area contributed by atoms with Crippen molar-refractivity contribution in [3.8, 4) is 5.69 Å². The molecule has 28 heavy (non-hydrogen) atoms. The highest BCUT2D eigenvalue weighted by Gasteiger charge is 2.16. The van der Waals surface area contributed by atoms with E-state index in [9.17, 15) is 9.59 Å². The highest BCUT2D eigenvalue weighted by molar-refractivity contribution is 5.76. The first-order valence-corrected chi connectivity index (χ1v) is 9.50. The standard InChI is InChI=1S/C20H23N5O3/c1-14-4-6-15(7-5-14)25-19-17(12-23-25)20(27)24(13-22-19)9-8-18(26)21-11-16-3-2-10-28-16/h4-7,12-13,16H,2-3,8-11H2,1H3,(H,21,26). The Morgan fingerprint density at radius 3 is 2.89 bits per heavy atom. The SMILES string of the molecule is Cc1ccc(-n2ncc3c(=O)n(CCC(=O)NCC4CCCO4)cnc32)cc1. The number of aromatic nitrogens is 4. The zero-order valence-electron chi connectivity index (χ0n) is 15.8. The molecular formula is C20H23N5O3. The maximum atomic E-state index is 12.7. The molecule has 1 aliphatic heterocycles. The van der Waals surface area contributed by atoms with Gasteiger partial charge in [0.2, 0.25) is 5.91 Å². The second-order valence-corrected chi connectivity index (χ2v) is 7.06. The summed E-state index contributed by atoms with van der Waals surface area (Å²) in [6.45, 7) is 3.57. The molecule has 0 saturated carbocycles. The first-order chi connectivity index (χ1) is 13.6. The molecule has 4 rings (SSSR count). The van der Waals surface area contributed by atoms with E-state index >= 15 is 0 Å². The molecule has 8 nitrogen and oxygen atoms in total. The van der Waals surface area contributed by atoms with Gasteiger partial charge in [0, 0.05) is 26.1 Å². The third-order valence-corrected chi connectivity index (χ3v) is 4.96. The van der Waals surface area contributed by atoms with Crippen LogP contribution in [0.15, 0.2) is 41.6 Å². The van der Waals surface area contributed by atoms with Crippen LogP contribution in [0.3, 0.4) is 0 Å². The molecule has 0 aliphatic carbocycles. The van der Waals surface area contributed by atoms with Crippen molar-refractivity contribution in [3.63, 3.8) is 0 Å². The van der Waals surface area contributed by atoms with Crippen molar-refractivity contribution in [2.24, 2.45) is 0 Å². The van der Waals surface area contributed by atoms with E-state index in [1.165, 1.54) is 17.1 Å². The van der Waals surface area contributed by atoms with Crippen molar-refractivity contribution in [1.82, 2.24) is 24.6 Å². The Balaban J connectivity index is 1.45. The number of benzene rings is 1. The van der Waals surface area contributed by atoms with Crippen molar-refractivity contribution >= 4 is 16.9 Å². The molecule has 1 aliphatic rings. The summed E-state index contributed by atoms with van der Waals surface area (Å²) >= 11 is 0. The van der Waals surface area contributed by atoms with Gasteiger partial charge in [0.15, 0.2) is 5.65 Å². The maximum absolute atomic E-state index is 12.7. The van der Waals surface area contributed by atoms with Gasteiger partial charge in [-0.15, -0.1) is 0 Å². The molecule has 3 aromatic rings. The molecule has 146 valence electrons. The summed E-state index contributed by atoms with van der Waals surface area (Å²) in [4.78, 5) is 29.2. The summed E-state index contributed by atoms with van der Waals surface area (Å²) in [6, 6.07) is 7.85. The summed E-state index contributed by atoms with van der Waals surface area (Å²) in [6.07, 6.45) is 5.34. The van der Waals surface area contributed by atoms with Crippen LogP contribution >= 0.6 is 0 Å². The topological polar surface area (TPSA) is 91.0 Å². The minimum absolute atomic E-state index is 0.0992. The molecule has 1 atom stereocenters. The lowest BCUT2D eigenvalue weighted by Gasteiger charge is -2.11. The molecule has 1 amide bonds. The average molecular weight is 381 g/mol. The summed E-state index contributed by atoms with van der Waals surface area (Å²) in [5.41, 5.74) is 2.30. The number of nitrogens with zero attached hydrogens (tertiary/aromatic N) is 4. The number of nitrogens with one attached hydrogen (secondary N) is 1. The molecule has 8 heteroatoms. The minimum atomic E-state index is -0.199. The highest BCUT2D eigenvalue weighted by atomic mass is 16.5. The second-order valence-electron chi connectivity index (χ2n) is 7.06. The first kappa shape index (κ1) is 18.4. The molecule has 3 heterocycles. The minimum Gasteiger partial charge on any atom is -0.376 e. The number of ether oxygens (including phenoxy) is 1. The Kier molecular flexibility index (Phi) is 5.21. The number of hydrogen-bond donors (Lipinski definition) is 1. The lowest BCUT2D eigenvalue weighted by Crippen LogP contribution is -2.33. The lowest BCUT2D eigenvalue weighted by atomic mass is 10.2. The van der Waals surface area contributed by atoms with Gasteiger partial charge in [-0.2, -0.15) is 5.10 Å². The van der Waals surface area contributed by atoms with E-state index in [-0.39, 0.29) is 30.5 Å². The van der Waals surface area contributed by atoms with E-state index < -0.39 is 0 Å². The van der Waals surface area contributed by atoms with Crippen LogP contribution in [0, 0.1) is 6.92 Å². The Labute approximate surface area is 162 Å². The zero-order valence-corrected chi connectivity index (χ0v) is 15.8. The third-order valence-electron chi connectivity index (χ3n) is 4.96. The van der Waals surface area contributed by atoms with Gasteiger partial charge < -0.3 is 10.1 Å². The molecule has 1 aromatic carbocycles. The van der Waals surface area contributed by atoms with Gasteiger partial charge in [0.05, 0.1) is 24.3 Å². The average Bonchev–Trinajstić information content (AvgIpc) is 3.36. The van der Waals surface area contributed by atoms with Crippen molar-refractivity contribution < 1.29 is 9.53 Å². The number of amides is 1. The fourth-order valence-electron chi connectivity index (χ4n) is 3.33. The van der Waals surface area contributed by atoms with Crippen LogP contribution in [0.2, 0.25) is 0 Å². The predicted octanol–water partition coefficient (Wildman–Crippen LogP) is 1.58. The molecule has 1 unspecified atom stereocenters. The van der Waals surface area contributed by atoms with E-state index in [1.54, 1.807) is 4.68 Å². The van der Waals surface area contributed by atoms with Crippen LogP contribution in [-0.2, 0) is 16.1 Å². The van der Waals surface area contributed by atoms with Gasteiger partial charge in [-0.1, -0.05) is 17.7 Å². The third kappa shape index (κ3) is 3.82. The van der Waals surface area contributed by atoms with Gasteiger partial charge in [-0.3, -0.25) is 14.2 Å². The second kappa shape index (κ2) is 7.93. The van der Waals surface area contributed by atoms with Crippen LogP contribution in [0.1, 0.15) is 24.8 Å². The van der Waals surface area contributed by atoms with E-state index in [0.717, 1.165) is 30.7 Å². The molecule has 0 spiro atoms. The fraction of sp³-hybridized carbons (Fsp3) is 0.400. The molecule has 1 N–H and O–H groups in total. The summed E-state index contributed by atoms with van der Waals surface area (Å²) in [7, 11) is 0. The first-order valence-electron chi connectivity index (χ1n) is 9.50. The van der Waals surface area contributed by atoms with Crippen molar-refractivity contribution in [1.29, 1.82) is 0 Å². The van der Waals surface area contributed by atoms with Gasteiger partial charge >= 0.3 is 0 Å². The molecule has 1 fully saturated rings. The van der Waals surface area contributed by atoms with Crippen molar-refractivity contribution in [3.05, 3.63) is 52.7 Å². The van der Waals surface area contributed by atoms with Gasteiger partial charge in [0.1, 0.15) is 5.39 Å². The van der Waals surface area contributed by atoms with Crippen molar-refractivity contribution in [2.75, 3.05) is 13.2 Å². The predicted molar refractivity (Wildman–Crippen MR) is 104 cm³/mol. The molecule has 2 aromatic heterocycles. The van der Waals surface area contributed by atoms with Gasteiger partial charge in [0.25, 0.3) is 5.56 Å². The Morgan fingerprint density at radius 2 is 2.14 bits per heavy atom. The van der Waals surface area contributed by atoms with Crippen LogP contribution < -0.4 is 10.9 Å². The Bertz CT molecular complexity index is 1030. The Hall–Kier alpha value is -3.00. The quantitative estimate of drug-likeness (QED) is 0.700. The monoisotopic (exact) mass is 381 g/mol. The van der Waals surface area contributed by atoms with Crippen LogP contribution in [-0.4, -0.2) is 44.5 Å². The number of carbonyl (C=O) groups is 1. The number of rotatable bonds is 6. The smallest absolute Gasteiger partial charge is 0.264 e. The van der Waals surface area contributed by atoms with Crippen LogP contribution in [0.25, 0.3) is 16.7 Å². The summed E-state index contributed by atoms with van der Waals surface area (Å²) < 4.78 is 8.59. The van der Waals surface area contributed by atoms with Crippen LogP contribution in [0.5, 0.6) is 0 Å².